The molecular weight excluding hydrogens is 362 g/mol. The first kappa shape index (κ1) is 16.0. The summed E-state index contributed by atoms with van der Waals surface area (Å²) in [5.41, 5.74) is 1.97. The van der Waals surface area contributed by atoms with Crippen LogP contribution in [0.15, 0.2) is 34.8 Å². The zero-order valence-electron chi connectivity index (χ0n) is 12.8. The number of nitrogens with one attached hydrogen (secondary N) is 1. The Hall–Kier alpha value is -1.92. The summed E-state index contributed by atoms with van der Waals surface area (Å²) in [6.07, 6.45) is 0.864. The molecule has 0 aliphatic carbocycles. The van der Waals surface area contributed by atoms with Crippen molar-refractivity contribution in [3.63, 3.8) is 0 Å². The fourth-order valence-electron chi connectivity index (χ4n) is 2.47. The topological polar surface area (TPSA) is 60.0 Å². The number of benzene rings is 2. The monoisotopic (exact) mass is 379 g/mol. The molecule has 2 N–H and O–H groups in total. The average molecular weight is 380 g/mol. The van der Waals surface area contributed by atoms with Gasteiger partial charge >= 0.3 is 0 Å². The Labute approximate surface area is 143 Å². The first-order valence-electron chi connectivity index (χ1n) is 7.32. The van der Waals surface area contributed by atoms with Crippen molar-refractivity contribution in [3.8, 4) is 23.0 Å². The van der Waals surface area contributed by atoms with Gasteiger partial charge in [-0.15, -0.1) is 0 Å². The Morgan fingerprint density at radius 2 is 2.04 bits per heavy atom. The lowest BCUT2D eigenvalue weighted by Crippen LogP contribution is -2.16. The molecule has 0 bridgehead atoms. The molecule has 23 heavy (non-hydrogen) atoms. The standard InChI is InChI=1S/C17H18BrNO4/c1-21-16-8-13(18)7-12(17(16)20)9-19-5-4-11-2-3-14-15(6-11)23-10-22-14/h2-3,6-8,19-20H,4-5,9-10H2,1H3. The number of hydrogen-bond acceptors (Lipinski definition) is 5. The van der Waals surface area contributed by atoms with E-state index in [2.05, 4.69) is 21.2 Å². The minimum absolute atomic E-state index is 0.172. The summed E-state index contributed by atoms with van der Waals surface area (Å²) in [7, 11) is 1.54. The highest BCUT2D eigenvalue weighted by molar-refractivity contribution is 9.10. The Kier molecular flexibility index (Phi) is 4.93. The summed E-state index contributed by atoms with van der Waals surface area (Å²) in [4.78, 5) is 0. The lowest BCUT2D eigenvalue weighted by Gasteiger charge is -2.11. The van der Waals surface area contributed by atoms with Crippen molar-refractivity contribution in [3.05, 3.63) is 45.9 Å². The van der Waals surface area contributed by atoms with Crippen LogP contribution in [0.25, 0.3) is 0 Å². The molecule has 2 aromatic carbocycles. The molecule has 3 rings (SSSR count). The van der Waals surface area contributed by atoms with Gasteiger partial charge in [-0.25, -0.2) is 0 Å². The van der Waals surface area contributed by atoms with Crippen LogP contribution >= 0.6 is 15.9 Å². The summed E-state index contributed by atoms with van der Waals surface area (Å²) >= 11 is 3.42. The van der Waals surface area contributed by atoms with E-state index in [1.807, 2.05) is 24.3 Å². The normalized spacial score (nSPS) is 12.4. The van der Waals surface area contributed by atoms with Gasteiger partial charge in [0.2, 0.25) is 6.79 Å². The highest BCUT2D eigenvalue weighted by atomic mass is 79.9. The van der Waals surface area contributed by atoms with Gasteiger partial charge in [0.1, 0.15) is 0 Å². The molecule has 0 fully saturated rings. The van der Waals surface area contributed by atoms with Crippen LogP contribution in [-0.2, 0) is 13.0 Å². The van der Waals surface area contributed by atoms with E-state index in [0.29, 0.717) is 19.1 Å². The van der Waals surface area contributed by atoms with Crippen LogP contribution < -0.4 is 19.5 Å². The van der Waals surface area contributed by atoms with Gasteiger partial charge in [-0.3, -0.25) is 0 Å². The summed E-state index contributed by atoms with van der Waals surface area (Å²) < 4.78 is 16.7. The van der Waals surface area contributed by atoms with Crippen molar-refractivity contribution < 1.29 is 19.3 Å². The van der Waals surface area contributed by atoms with Crippen LogP contribution in [0.5, 0.6) is 23.0 Å². The summed E-state index contributed by atoms with van der Waals surface area (Å²) in [5, 5.41) is 13.4. The Morgan fingerprint density at radius 1 is 1.22 bits per heavy atom. The number of phenolic OH excluding ortho intramolecular Hbond substituents is 1. The third-order valence-corrected chi connectivity index (χ3v) is 4.14. The maximum Gasteiger partial charge on any atom is 0.231 e. The summed E-state index contributed by atoms with van der Waals surface area (Å²) in [6, 6.07) is 9.60. The predicted molar refractivity (Wildman–Crippen MR) is 90.3 cm³/mol. The van der Waals surface area contributed by atoms with Gasteiger partial charge < -0.3 is 24.6 Å². The number of halogens is 1. The minimum atomic E-state index is 0.172. The van der Waals surface area contributed by atoms with Crippen LogP contribution in [0.4, 0.5) is 0 Å². The van der Waals surface area contributed by atoms with Crippen molar-refractivity contribution in [1.29, 1.82) is 0 Å². The summed E-state index contributed by atoms with van der Waals surface area (Å²) in [5.74, 6) is 2.24. The molecule has 1 aliphatic rings. The largest absolute Gasteiger partial charge is 0.504 e. The van der Waals surface area contributed by atoms with Crippen molar-refractivity contribution in [2.45, 2.75) is 13.0 Å². The number of methoxy groups -OCH3 is 1. The van der Waals surface area contributed by atoms with Crippen LogP contribution in [0.1, 0.15) is 11.1 Å². The van der Waals surface area contributed by atoms with Crippen molar-refractivity contribution in [2.24, 2.45) is 0 Å². The van der Waals surface area contributed by atoms with E-state index in [-0.39, 0.29) is 5.75 Å². The predicted octanol–water partition coefficient (Wildman–Crippen LogP) is 3.22. The fourth-order valence-corrected chi connectivity index (χ4v) is 2.96. The van der Waals surface area contributed by atoms with E-state index < -0.39 is 0 Å². The van der Waals surface area contributed by atoms with Gasteiger partial charge in [-0.05, 0) is 42.8 Å². The molecule has 5 nitrogen and oxygen atoms in total. The lowest BCUT2D eigenvalue weighted by atomic mass is 10.1. The maximum atomic E-state index is 10.1. The van der Waals surface area contributed by atoms with Crippen LogP contribution in [-0.4, -0.2) is 25.6 Å². The van der Waals surface area contributed by atoms with Crippen LogP contribution in [0.2, 0.25) is 0 Å². The molecular formula is C17H18BrNO4. The van der Waals surface area contributed by atoms with E-state index in [1.165, 1.54) is 5.56 Å². The molecule has 0 amide bonds. The van der Waals surface area contributed by atoms with E-state index in [4.69, 9.17) is 14.2 Å². The third-order valence-electron chi connectivity index (χ3n) is 3.68. The SMILES string of the molecule is COc1cc(Br)cc(CNCCc2ccc3c(c2)OCO3)c1O. The van der Waals surface area contributed by atoms with Gasteiger partial charge in [0.05, 0.1) is 7.11 Å². The molecule has 2 aromatic rings. The molecule has 0 saturated carbocycles. The number of hydrogen-bond donors (Lipinski definition) is 2. The highest BCUT2D eigenvalue weighted by Crippen LogP contribution is 2.34. The lowest BCUT2D eigenvalue weighted by molar-refractivity contribution is 0.174. The van der Waals surface area contributed by atoms with E-state index in [0.717, 1.165) is 34.5 Å². The molecule has 0 saturated heterocycles. The first-order chi connectivity index (χ1) is 11.2. The molecule has 0 atom stereocenters. The summed E-state index contributed by atoms with van der Waals surface area (Å²) in [6.45, 7) is 1.64. The second-order valence-corrected chi connectivity index (χ2v) is 6.15. The number of rotatable bonds is 6. The quantitative estimate of drug-likeness (QED) is 0.754. The molecule has 0 aromatic heterocycles. The molecule has 0 unspecified atom stereocenters. The number of phenols is 1. The fraction of sp³-hybridized carbons (Fsp3) is 0.294. The molecule has 1 aliphatic heterocycles. The van der Waals surface area contributed by atoms with Gasteiger partial charge in [0.15, 0.2) is 23.0 Å². The van der Waals surface area contributed by atoms with Gasteiger partial charge in [0.25, 0.3) is 0 Å². The van der Waals surface area contributed by atoms with Crippen molar-refractivity contribution in [2.75, 3.05) is 20.4 Å². The second kappa shape index (κ2) is 7.10. The van der Waals surface area contributed by atoms with Gasteiger partial charge in [-0.2, -0.15) is 0 Å². The number of aromatic hydroxyl groups is 1. The average Bonchev–Trinajstić information content (AvgIpc) is 3.01. The molecule has 6 heteroatoms. The third kappa shape index (κ3) is 3.71. The van der Waals surface area contributed by atoms with E-state index >= 15 is 0 Å². The second-order valence-electron chi connectivity index (χ2n) is 5.23. The smallest absolute Gasteiger partial charge is 0.231 e. The van der Waals surface area contributed by atoms with Gasteiger partial charge in [-0.1, -0.05) is 22.0 Å². The zero-order chi connectivity index (χ0) is 16.2. The molecule has 0 radical (unpaired) electrons. The Morgan fingerprint density at radius 3 is 2.87 bits per heavy atom. The van der Waals surface area contributed by atoms with Crippen molar-refractivity contribution in [1.82, 2.24) is 5.32 Å². The Bertz CT molecular complexity index is 705. The number of fused-ring (bicyclic) bond motifs is 1. The van der Waals surface area contributed by atoms with Gasteiger partial charge in [0, 0.05) is 16.6 Å². The number of ether oxygens (including phenoxy) is 3. The first-order valence-corrected chi connectivity index (χ1v) is 8.11. The van der Waals surface area contributed by atoms with E-state index in [9.17, 15) is 5.11 Å². The Balaban J connectivity index is 1.55. The molecule has 1 heterocycles. The van der Waals surface area contributed by atoms with Crippen LogP contribution in [0.3, 0.4) is 0 Å². The maximum absolute atomic E-state index is 10.1. The minimum Gasteiger partial charge on any atom is -0.504 e. The van der Waals surface area contributed by atoms with Crippen molar-refractivity contribution >= 4 is 15.9 Å². The van der Waals surface area contributed by atoms with E-state index in [1.54, 1.807) is 13.2 Å². The molecule has 122 valence electrons. The van der Waals surface area contributed by atoms with Crippen LogP contribution in [0, 0.1) is 0 Å². The highest BCUT2D eigenvalue weighted by Gasteiger charge is 2.13. The zero-order valence-corrected chi connectivity index (χ0v) is 14.4. The molecule has 0 spiro atoms.